The molecule has 0 spiro atoms. The van der Waals surface area contributed by atoms with E-state index in [1.54, 1.807) is 0 Å². The van der Waals surface area contributed by atoms with E-state index in [1.165, 1.54) is 0 Å². The van der Waals surface area contributed by atoms with Crippen LogP contribution in [0.15, 0.2) is 0 Å². The third kappa shape index (κ3) is 4.54. The van der Waals surface area contributed by atoms with Crippen LogP contribution in [0.2, 0.25) is 0 Å². The van der Waals surface area contributed by atoms with Crippen LogP contribution < -0.4 is 10.1 Å². The molecule has 0 saturated carbocycles. The second-order valence-electron chi connectivity index (χ2n) is 4.55. The van der Waals surface area contributed by atoms with Crippen molar-refractivity contribution in [1.29, 1.82) is 0 Å². The smallest absolute Gasteiger partial charge is 0.321 e. The van der Waals surface area contributed by atoms with Gasteiger partial charge in [-0.1, -0.05) is 20.8 Å². The van der Waals surface area contributed by atoms with Crippen LogP contribution >= 0.6 is 0 Å². The molecule has 1 heterocycles. The maximum atomic E-state index is 5.52. The quantitative estimate of drug-likeness (QED) is 0.825. The first-order valence-corrected chi connectivity index (χ1v) is 6.19. The maximum Gasteiger partial charge on any atom is 0.321 e. The van der Waals surface area contributed by atoms with Gasteiger partial charge in [0.15, 0.2) is 0 Å². The van der Waals surface area contributed by atoms with Gasteiger partial charge in [-0.3, -0.25) is 0 Å². The van der Waals surface area contributed by atoms with E-state index in [4.69, 9.17) is 4.74 Å². The van der Waals surface area contributed by atoms with E-state index in [-0.39, 0.29) is 12.0 Å². The minimum Gasteiger partial charge on any atom is -0.461 e. The fourth-order valence-corrected chi connectivity index (χ4v) is 1.21. The molecule has 1 N–H and O–H groups in total. The van der Waals surface area contributed by atoms with E-state index in [1.807, 2.05) is 13.8 Å². The second kappa shape index (κ2) is 6.37. The molecule has 17 heavy (non-hydrogen) atoms. The number of hydrogen-bond donors (Lipinski definition) is 1. The van der Waals surface area contributed by atoms with Gasteiger partial charge in [-0.2, -0.15) is 15.0 Å². The highest BCUT2D eigenvalue weighted by Gasteiger charge is 2.11. The molecule has 0 amide bonds. The molecule has 1 aromatic rings. The Hall–Kier alpha value is -1.39. The zero-order valence-electron chi connectivity index (χ0n) is 11.3. The van der Waals surface area contributed by atoms with Crippen molar-refractivity contribution in [2.24, 2.45) is 0 Å². The average molecular weight is 238 g/mol. The number of nitrogens with one attached hydrogen (secondary N) is 1. The van der Waals surface area contributed by atoms with Gasteiger partial charge in [-0.05, 0) is 20.3 Å². The molecule has 0 unspecified atom stereocenters. The minimum absolute atomic E-state index is 0.0661. The number of hydrogen-bond acceptors (Lipinski definition) is 5. The summed E-state index contributed by atoms with van der Waals surface area (Å²) >= 11 is 0. The van der Waals surface area contributed by atoms with Crippen molar-refractivity contribution in [1.82, 2.24) is 15.0 Å². The molecule has 0 fully saturated rings. The Morgan fingerprint density at radius 2 is 1.82 bits per heavy atom. The fourth-order valence-electron chi connectivity index (χ4n) is 1.21. The number of aromatic nitrogens is 3. The van der Waals surface area contributed by atoms with Crippen LogP contribution in [0.4, 0.5) is 5.95 Å². The van der Waals surface area contributed by atoms with Crippen molar-refractivity contribution in [3.63, 3.8) is 0 Å². The van der Waals surface area contributed by atoms with Gasteiger partial charge in [-0.15, -0.1) is 0 Å². The van der Waals surface area contributed by atoms with Gasteiger partial charge in [0.25, 0.3) is 0 Å². The Labute approximate surface area is 103 Å². The van der Waals surface area contributed by atoms with Gasteiger partial charge >= 0.3 is 6.01 Å². The van der Waals surface area contributed by atoms with Crippen molar-refractivity contribution in [2.75, 3.05) is 11.9 Å². The molecular weight excluding hydrogens is 216 g/mol. The summed E-state index contributed by atoms with van der Waals surface area (Å²) in [6, 6.07) is 0.400. The van der Waals surface area contributed by atoms with Crippen LogP contribution in [0, 0.1) is 0 Å². The molecular formula is C12H22N4O. The normalized spacial score (nSPS) is 11.0. The summed E-state index contributed by atoms with van der Waals surface area (Å²) in [6.45, 7) is 11.0. The fraction of sp³-hybridized carbons (Fsp3) is 0.750. The van der Waals surface area contributed by atoms with E-state index in [0.717, 1.165) is 18.8 Å². The lowest BCUT2D eigenvalue weighted by Gasteiger charge is -2.12. The molecule has 96 valence electrons. The van der Waals surface area contributed by atoms with Gasteiger partial charge in [0.1, 0.15) is 5.82 Å². The molecule has 0 aromatic carbocycles. The van der Waals surface area contributed by atoms with Gasteiger partial charge < -0.3 is 10.1 Å². The Balaban J connectivity index is 2.92. The molecule has 0 aliphatic heterocycles. The van der Waals surface area contributed by atoms with Crippen molar-refractivity contribution in [3.8, 4) is 6.01 Å². The number of nitrogens with zero attached hydrogens (tertiary/aromatic N) is 3. The van der Waals surface area contributed by atoms with Crippen LogP contribution in [0.3, 0.4) is 0 Å². The third-order valence-electron chi connectivity index (χ3n) is 2.02. The number of ether oxygens (including phenoxy) is 1. The first-order valence-electron chi connectivity index (χ1n) is 6.19. The molecule has 0 atom stereocenters. The second-order valence-corrected chi connectivity index (χ2v) is 4.55. The lowest BCUT2D eigenvalue weighted by atomic mass is 10.2. The third-order valence-corrected chi connectivity index (χ3v) is 2.02. The molecule has 1 rings (SSSR count). The summed E-state index contributed by atoms with van der Waals surface area (Å²) in [5.41, 5.74) is 0. The van der Waals surface area contributed by atoms with Gasteiger partial charge in [0.05, 0.1) is 6.10 Å². The van der Waals surface area contributed by atoms with Crippen LogP contribution in [0.25, 0.3) is 0 Å². The van der Waals surface area contributed by atoms with Gasteiger partial charge in [0.2, 0.25) is 5.95 Å². The van der Waals surface area contributed by atoms with Crippen LogP contribution in [0.5, 0.6) is 6.01 Å². The molecule has 5 nitrogen and oxygen atoms in total. The summed E-state index contributed by atoms with van der Waals surface area (Å²) < 4.78 is 5.52. The highest BCUT2D eigenvalue weighted by Crippen LogP contribution is 2.15. The first-order chi connectivity index (χ1) is 8.02. The predicted octanol–water partition coefficient (Wildman–Crippen LogP) is 2.60. The highest BCUT2D eigenvalue weighted by atomic mass is 16.5. The summed E-state index contributed by atoms with van der Waals surface area (Å²) in [5, 5.41) is 3.16. The van der Waals surface area contributed by atoms with Crippen LogP contribution in [-0.2, 0) is 0 Å². The van der Waals surface area contributed by atoms with Gasteiger partial charge in [-0.25, -0.2) is 0 Å². The molecule has 0 bridgehead atoms. The van der Waals surface area contributed by atoms with Crippen molar-refractivity contribution in [3.05, 3.63) is 5.82 Å². The average Bonchev–Trinajstić information content (AvgIpc) is 2.25. The van der Waals surface area contributed by atoms with Crippen LogP contribution in [0.1, 0.15) is 52.8 Å². The van der Waals surface area contributed by atoms with E-state index >= 15 is 0 Å². The molecule has 0 saturated heterocycles. The van der Waals surface area contributed by atoms with E-state index in [9.17, 15) is 0 Å². The predicted molar refractivity (Wildman–Crippen MR) is 68.5 cm³/mol. The Kier molecular flexibility index (Phi) is 5.12. The number of anilines is 1. The maximum absolute atomic E-state index is 5.52. The van der Waals surface area contributed by atoms with Gasteiger partial charge in [0, 0.05) is 12.5 Å². The number of rotatable bonds is 6. The Bertz CT molecular complexity index is 352. The van der Waals surface area contributed by atoms with Crippen LogP contribution in [-0.4, -0.2) is 27.6 Å². The summed E-state index contributed by atoms with van der Waals surface area (Å²) in [4.78, 5) is 12.9. The van der Waals surface area contributed by atoms with Crippen molar-refractivity contribution in [2.45, 2.75) is 53.1 Å². The van der Waals surface area contributed by atoms with Crippen molar-refractivity contribution >= 4 is 5.95 Å². The molecule has 0 aliphatic rings. The topological polar surface area (TPSA) is 59.9 Å². The molecule has 5 heteroatoms. The first kappa shape index (κ1) is 13.7. The Morgan fingerprint density at radius 1 is 1.12 bits per heavy atom. The zero-order chi connectivity index (χ0) is 12.8. The Morgan fingerprint density at radius 3 is 2.35 bits per heavy atom. The monoisotopic (exact) mass is 238 g/mol. The van der Waals surface area contributed by atoms with E-state index in [0.29, 0.717) is 12.0 Å². The molecule has 0 aliphatic carbocycles. The van der Waals surface area contributed by atoms with E-state index < -0.39 is 0 Å². The summed E-state index contributed by atoms with van der Waals surface area (Å²) in [7, 11) is 0. The minimum atomic E-state index is 0.0661. The SMILES string of the molecule is CCCNc1nc(OC(C)C)nc(C(C)C)n1. The van der Waals surface area contributed by atoms with Crippen molar-refractivity contribution < 1.29 is 4.74 Å². The van der Waals surface area contributed by atoms with E-state index in [2.05, 4.69) is 41.0 Å². The molecule has 0 radical (unpaired) electrons. The summed E-state index contributed by atoms with van der Waals surface area (Å²) in [6.07, 6.45) is 1.10. The lowest BCUT2D eigenvalue weighted by Crippen LogP contribution is -2.14. The largest absolute Gasteiger partial charge is 0.461 e. The molecule has 1 aromatic heterocycles. The summed E-state index contributed by atoms with van der Waals surface area (Å²) in [5.74, 6) is 1.62. The lowest BCUT2D eigenvalue weighted by molar-refractivity contribution is 0.220. The zero-order valence-corrected chi connectivity index (χ0v) is 11.3. The highest BCUT2D eigenvalue weighted by molar-refractivity contribution is 5.26. The standard InChI is InChI=1S/C12H22N4O/c1-6-7-13-11-14-10(8(2)3)15-12(16-11)17-9(4)5/h8-9H,6-7H2,1-5H3,(H,13,14,15,16).